The van der Waals surface area contributed by atoms with E-state index < -0.39 is 33.7 Å². The van der Waals surface area contributed by atoms with E-state index in [-0.39, 0.29) is 21.9 Å². The molecule has 2 rings (SSSR count). The predicted octanol–water partition coefficient (Wildman–Crippen LogP) is 4.32. The van der Waals surface area contributed by atoms with Crippen LogP contribution in [0.3, 0.4) is 0 Å². The average Bonchev–Trinajstić information content (AvgIpc) is 2.84. The molecule has 1 amide bonds. The number of nitrogens with zero attached hydrogens (tertiary/aromatic N) is 2. The summed E-state index contributed by atoms with van der Waals surface area (Å²) >= 11 is 5.80. The van der Waals surface area contributed by atoms with Crippen LogP contribution in [0.25, 0.3) is 4.85 Å². The van der Waals surface area contributed by atoms with Crippen molar-refractivity contribution in [2.24, 2.45) is 0 Å². The van der Waals surface area contributed by atoms with Gasteiger partial charge in [-0.2, -0.15) is 13.2 Å². The normalized spacial score (nSPS) is 11.0. The zero-order valence-electron chi connectivity index (χ0n) is 10.4. The Labute approximate surface area is 130 Å². The number of hydrogen-bond donors (Lipinski definition) is 2. The molecule has 1 aromatic heterocycles. The average molecular weight is 348 g/mol. The third-order valence-corrected chi connectivity index (χ3v) is 3.62. The third kappa shape index (κ3) is 3.29. The van der Waals surface area contributed by atoms with Crippen LogP contribution in [0, 0.1) is 6.57 Å². The standard InChI is InChI=1S/C12H5ClF3N3O2S/c1-17-10-8(19-11(22-10)12(14,15)16)18-9(21)6-4-5(13)2-3-7(6)20/h2-4,20H,(H,18,21). The number of carbonyl (C=O) groups excluding carboxylic acids is 1. The van der Waals surface area contributed by atoms with Gasteiger partial charge in [0.15, 0.2) is 10.8 Å². The van der Waals surface area contributed by atoms with Crippen molar-refractivity contribution < 1.29 is 23.1 Å². The Kier molecular flexibility index (Phi) is 4.25. The summed E-state index contributed by atoms with van der Waals surface area (Å²) < 4.78 is 37.7. The molecule has 0 spiro atoms. The van der Waals surface area contributed by atoms with Crippen LogP contribution >= 0.6 is 22.9 Å². The van der Waals surface area contributed by atoms with E-state index in [0.29, 0.717) is 0 Å². The summed E-state index contributed by atoms with van der Waals surface area (Å²) in [5.41, 5.74) is -0.245. The van der Waals surface area contributed by atoms with Crippen LogP contribution in [0.5, 0.6) is 5.75 Å². The Balaban J connectivity index is 2.35. The van der Waals surface area contributed by atoms with Gasteiger partial charge in [-0.25, -0.2) is 9.83 Å². The molecule has 0 aliphatic carbocycles. The van der Waals surface area contributed by atoms with Crippen LogP contribution in [0.15, 0.2) is 18.2 Å². The highest BCUT2D eigenvalue weighted by Gasteiger charge is 2.36. The number of nitrogens with one attached hydrogen (secondary N) is 1. The molecule has 22 heavy (non-hydrogen) atoms. The first-order valence-electron chi connectivity index (χ1n) is 5.47. The summed E-state index contributed by atoms with van der Waals surface area (Å²) in [5, 5.41) is 10.1. The summed E-state index contributed by atoms with van der Waals surface area (Å²) in [5.74, 6) is -1.85. The first kappa shape index (κ1) is 16.1. The predicted molar refractivity (Wildman–Crippen MR) is 74.4 cm³/mol. The molecule has 0 aliphatic heterocycles. The summed E-state index contributed by atoms with van der Waals surface area (Å²) in [7, 11) is 0. The van der Waals surface area contributed by atoms with Crippen LogP contribution < -0.4 is 5.32 Å². The molecule has 1 heterocycles. The van der Waals surface area contributed by atoms with Gasteiger partial charge >= 0.3 is 6.18 Å². The number of aromatic hydroxyl groups is 1. The SMILES string of the molecule is [C-]#[N+]c1sc(C(F)(F)F)nc1NC(=O)c1cc(Cl)ccc1O. The van der Waals surface area contributed by atoms with Crippen LogP contribution in [0.4, 0.5) is 24.0 Å². The van der Waals surface area contributed by atoms with Gasteiger partial charge < -0.3 is 10.4 Å². The number of thiazole rings is 1. The second kappa shape index (κ2) is 5.82. The number of aromatic nitrogens is 1. The Bertz CT molecular complexity index is 783. The number of phenolic OH excluding ortho intramolecular Hbond substituents is 1. The number of rotatable bonds is 2. The lowest BCUT2D eigenvalue weighted by Crippen LogP contribution is -2.13. The zero-order chi connectivity index (χ0) is 16.5. The van der Waals surface area contributed by atoms with Crippen molar-refractivity contribution in [3.05, 3.63) is 45.2 Å². The zero-order valence-corrected chi connectivity index (χ0v) is 12.0. The fourth-order valence-corrected chi connectivity index (χ4v) is 2.30. The number of anilines is 1. The molecular formula is C12H5ClF3N3O2S. The summed E-state index contributed by atoms with van der Waals surface area (Å²) in [6.07, 6.45) is -4.72. The largest absolute Gasteiger partial charge is 0.507 e. The molecule has 0 saturated carbocycles. The molecule has 0 aliphatic rings. The molecule has 2 N–H and O–H groups in total. The maximum absolute atomic E-state index is 12.6. The Morgan fingerprint density at radius 1 is 1.45 bits per heavy atom. The number of benzene rings is 1. The van der Waals surface area contributed by atoms with E-state index in [1.807, 2.05) is 0 Å². The van der Waals surface area contributed by atoms with Crippen molar-refractivity contribution in [2.45, 2.75) is 6.18 Å². The second-order valence-corrected chi connectivity index (χ2v) is 5.31. The summed E-state index contributed by atoms with van der Waals surface area (Å²) in [4.78, 5) is 18.1. The van der Waals surface area contributed by atoms with E-state index in [4.69, 9.17) is 18.2 Å². The maximum atomic E-state index is 12.6. The molecule has 2 aromatic rings. The monoisotopic (exact) mass is 347 g/mol. The number of amides is 1. The fourth-order valence-electron chi connectivity index (χ4n) is 1.46. The van der Waals surface area contributed by atoms with Gasteiger partial charge in [0, 0.05) is 5.02 Å². The molecule has 0 atom stereocenters. The molecule has 0 saturated heterocycles. The second-order valence-electron chi connectivity index (χ2n) is 3.90. The minimum absolute atomic E-state index is 0.117. The first-order chi connectivity index (χ1) is 10.2. The molecule has 1 aromatic carbocycles. The van der Waals surface area contributed by atoms with Gasteiger partial charge in [-0.05, 0) is 18.2 Å². The Morgan fingerprint density at radius 3 is 2.73 bits per heavy atom. The van der Waals surface area contributed by atoms with Crippen LogP contribution in [0.1, 0.15) is 15.4 Å². The van der Waals surface area contributed by atoms with E-state index in [0.717, 1.165) is 12.1 Å². The lowest BCUT2D eigenvalue weighted by atomic mass is 10.2. The third-order valence-electron chi connectivity index (χ3n) is 2.39. The lowest BCUT2D eigenvalue weighted by Gasteiger charge is -2.05. The van der Waals surface area contributed by atoms with Crippen molar-refractivity contribution in [1.29, 1.82) is 0 Å². The maximum Gasteiger partial charge on any atom is 0.441 e. The number of alkyl halides is 3. The van der Waals surface area contributed by atoms with E-state index in [1.165, 1.54) is 6.07 Å². The number of carbonyl (C=O) groups is 1. The molecule has 5 nitrogen and oxygen atoms in total. The quantitative estimate of drug-likeness (QED) is 0.795. The Hall–Kier alpha value is -2.31. The van der Waals surface area contributed by atoms with Gasteiger partial charge in [0.2, 0.25) is 0 Å². The number of halogens is 4. The van der Waals surface area contributed by atoms with Crippen molar-refractivity contribution >= 4 is 39.7 Å². The molecule has 114 valence electrons. The van der Waals surface area contributed by atoms with Crippen molar-refractivity contribution in [2.75, 3.05) is 5.32 Å². The summed E-state index contributed by atoms with van der Waals surface area (Å²) in [6, 6.07) is 3.64. The molecule has 0 unspecified atom stereocenters. The fraction of sp³-hybridized carbons (Fsp3) is 0.0833. The lowest BCUT2D eigenvalue weighted by molar-refractivity contribution is -0.137. The van der Waals surface area contributed by atoms with E-state index in [2.05, 4.69) is 15.1 Å². The molecule has 0 radical (unpaired) electrons. The first-order valence-corrected chi connectivity index (χ1v) is 6.67. The number of phenols is 1. The molecule has 0 bridgehead atoms. The van der Waals surface area contributed by atoms with Gasteiger partial charge in [-0.15, -0.1) is 11.3 Å². The van der Waals surface area contributed by atoms with Crippen molar-refractivity contribution in [3.8, 4) is 5.75 Å². The van der Waals surface area contributed by atoms with Crippen molar-refractivity contribution in [3.63, 3.8) is 0 Å². The highest BCUT2D eigenvalue weighted by atomic mass is 35.5. The smallest absolute Gasteiger partial charge is 0.441 e. The highest BCUT2D eigenvalue weighted by molar-refractivity contribution is 7.16. The topological polar surface area (TPSA) is 66.6 Å². The van der Waals surface area contributed by atoms with Gasteiger partial charge in [-0.3, -0.25) is 4.79 Å². The molecule has 10 heteroatoms. The Morgan fingerprint density at radius 2 is 2.14 bits per heavy atom. The van der Waals surface area contributed by atoms with Crippen LogP contribution in [-0.4, -0.2) is 16.0 Å². The molecular weight excluding hydrogens is 343 g/mol. The van der Waals surface area contributed by atoms with Gasteiger partial charge in [0.05, 0.1) is 12.1 Å². The highest BCUT2D eigenvalue weighted by Crippen LogP contribution is 2.40. The van der Waals surface area contributed by atoms with E-state index in [9.17, 15) is 23.1 Å². The van der Waals surface area contributed by atoms with Crippen LogP contribution in [-0.2, 0) is 6.18 Å². The number of hydrogen-bond acceptors (Lipinski definition) is 4. The van der Waals surface area contributed by atoms with Crippen LogP contribution in [0.2, 0.25) is 5.02 Å². The van der Waals surface area contributed by atoms with Gasteiger partial charge in [0.25, 0.3) is 10.9 Å². The minimum Gasteiger partial charge on any atom is -0.507 e. The van der Waals surface area contributed by atoms with E-state index >= 15 is 0 Å². The van der Waals surface area contributed by atoms with E-state index in [1.54, 1.807) is 0 Å². The van der Waals surface area contributed by atoms with Gasteiger partial charge in [0.1, 0.15) is 5.75 Å². The molecule has 0 fully saturated rings. The summed E-state index contributed by atoms with van der Waals surface area (Å²) in [6.45, 7) is 6.83. The van der Waals surface area contributed by atoms with Crippen molar-refractivity contribution in [1.82, 2.24) is 4.98 Å². The minimum atomic E-state index is -4.72. The van der Waals surface area contributed by atoms with Gasteiger partial charge in [-0.1, -0.05) is 11.6 Å².